The van der Waals surface area contributed by atoms with Crippen LogP contribution in [0.4, 0.5) is 0 Å². The van der Waals surface area contributed by atoms with Crippen molar-refractivity contribution in [2.75, 3.05) is 34.4 Å². The van der Waals surface area contributed by atoms with Gasteiger partial charge in [0.25, 0.3) is 5.91 Å². The molecule has 2 rings (SSSR count). The fourth-order valence-corrected chi connectivity index (χ4v) is 2.85. The topological polar surface area (TPSA) is 50.8 Å². The summed E-state index contributed by atoms with van der Waals surface area (Å²) in [5, 5.41) is 7.06. The van der Waals surface area contributed by atoms with E-state index < -0.39 is 0 Å². The second-order valence-corrected chi connectivity index (χ2v) is 6.08. The highest BCUT2D eigenvalue weighted by Gasteiger charge is 2.15. The van der Waals surface area contributed by atoms with E-state index in [0.29, 0.717) is 12.3 Å². The lowest BCUT2D eigenvalue weighted by atomic mass is 10.1. The van der Waals surface area contributed by atoms with Gasteiger partial charge in [0.05, 0.1) is 13.2 Å². The van der Waals surface area contributed by atoms with Gasteiger partial charge in [-0.15, -0.1) is 0 Å². The van der Waals surface area contributed by atoms with Gasteiger partial charge in [0.15, 0.2) is 6.61 Å². The number of likely N-dealkylation sites (N-methyl/N-ethyl adjacent to an activating group) is 1. The SMILES string of the molecule is COc1ccc(OCC(=O)NC[C@@H](c2ccsc2)N(C)C)cc1. The van der Waals surface area contributed by atoms with Gasteiger partial charge in [-0.3, -0.25) is 4.79 Å². The van der Waals surface area contributed by atoms with Gasteiger partial charge in [-0.2, -0.15) is 11.3 Å². The van der Waals surface area contributed by atoms with Gasteiger partial charge in [-0.25, -0.2) is 0 Å². The Bertz CT molecular complexity index is 597. The van der Waals surface area contributed by atoms with Gasteiger partial charge in [-0.1, -0.05) is 0 Å². The van der Waals surface area contributed by atoms with Crippen molar-refractivity contribution in [1.29, 1.82) is 0 Å². The van der Waals surface area contributed by atoms with Gasteiger partial charge >= 0.3 is 0 Å². The molecule has 1 aromatic heterocycles. The number of nitrogens with zero attached hydrogens (tertiary/aromatic N) is 1. The number of benzene rings is 1. The number of thiophene rings is 1. The van der Waals surface area contributed by atoms with Crippen LogP contribution in [-0.4, -0.2) is 45.2 Å². The molecule has 0 aliphatic carbocycles. The number of hydrogen-bond acceptors (Lipinski definition) is 5. The largest absolute Gasteiger partial charge is 0.497 e. The van der Waals surface area contributed by atoms with Crippen molar-refractivity contribution < 1.29 is 14.3 Å². The number of amides is 1. The maximum absolute atomic E-state index is 12.0. The summed E-state index contributed by atoms with van der Waals surface area (Å²) >= 11 is 1.66. The number of ether oxygens (including phenoxy) is 2. The van der Waals surface area contributed by atoms with E-state index in [1.807, 2.05) is 19.5 Å². The summed E-state index contributed by atoms with van der Waals surface area (Å²) in [7, 11) is 5.61. The van der Waals surface area contributed by atoms with E-state index in [0.717, 1.165) is 5.75 Å². The summed E-state index contributed by atoms with van der Waals surface area (Å²) in [6.45, 7) is 0.546. The minimum atomic E-state index is -0.136. The lowest BCUT2D eigenvalue weighted by Crippen LogP contribution is -2.36. The molecule has 0 unspecified atom stereocenters. The molecular weight excluding hydrogens is 312 g/mol. The number of carbonyl (C=O) groups is 1. The molecule has 1 N–H and O–H groups in total. The Kier molecular flexibility index (Phi) is 6.43. The van der Waals surface area contributed by atoms with Gasteiger partial charge in [0.2, 0.25) is 0 Å². The molecule has 1 heterocycles. The predicted molar refractivity (Wildman–Crippen MR) is 92.2 cm³/mol. The van der Waals surface area contributed by atoms with E-state index >= 15 is 0 Å². The third kappa shape index (κ3) is 5.26. The van der Waals surface area contributed by atoms with E-state index in [2.05, 4.69) is 21.7 Å². The lowest BCUT2D eigenvalue weighted by Gasteiger charge is -2.24. The van der Waals surface area contributed by atoms with Gasteiger partial charge in [0, 0.05) is 6.54 Å². The molecule has 0 fully saturated rings. The van der Waals surface area contributed by atoms with Crippen LogP contribution in [0.1, 0.15) is 11.6 Å². The van der Waals surface area contributed by atoms with E-state index in [1.54, 1.807) is 42.7 Å². The molecule has 0 bridgehead atoms. The highest BCUT2D eigenvalue weighted by atomic mass is 32.1. The quantitative estimate of drug-likeness (QED) is 0.806. The summed E-state index contributed by atoms with van der Waals surface area (Å²) in [4.78, 5) is 14.0. The van der Waals surface area contributed by atoms with Gasteiger partial charge < -0.3 is 19.7 Å². The maximum atomic E-state index is 12.0. The zero-order valence-electron chi connectivity index (χ0n) is 13.6. The van der Waals surface area contributed by atoms with Crippen LogP contribution in [0.25, 0.3) is 0 Å². The minimum absolute atomic E-state index is 0.00385. The third-order valence-corrected chi connectivity index (χ3v) is 4.17. The summed E-state index contributed by atoms with van der Waals surface area (Å²) < 4.78 is 10.6. The molecule has 0 saturated carbocycles. The van der Waals surface area contributed by atoms with Crippen LogP contribution in [0.2, 0.25) is 0 Å². The average molecular weight is 334 g/mol. The Morgan fingerprint density at radius 3 is 2.48 bits per heavy atom. The molecule has 0 radical (unpaired) electrons. The molecule has 0 aliphatic rings. The maximum Gasteiger partial charge on any atom is 0.258 e. The first kappa shape index (κ1) is 17.3. The number of carbonyl (C=O) groups excluding carboxylic acids is 1. The zero-order chi connectivity index (χ0) is 16.7. The van der Waals surface area contributed by atoms with E-state index in [4.69, 9.17) is 9.47 Å². The van der Waals surface area contributed by atoms with Crippen molar-refractivity contribution in [3.63, 3.8) is 0 Å². The monoisotopic (exact) mass is 334 g/mol. The molecule has 23 heavy (non-hydrogen) atoms. The van der Waals surface area contributed by atoms with Crippen LogP contribution in [-0.2, 0) is 4.79 Å². The molecule has 1 atom stereocenters. The van der Waals surface area contributed by atoms with Gasteiger partial charge in [0.1, 0.15) is 11.5 Å². The standard InChI is InChI=1S/C17H22N2O3S/c1-19(2)16(13-8-9-23-12-13)10-18-17(20)11-22-15-6-4-14(21-3)5-7-15/h4-9,12,16H,10-11H2,1-3H3,(H,18,20)/t16-/m0/s1. The molecule has 0 aliphatic heterocycles. The predicted octanol–water partition coefficient (Wildman–Crippen LogP) is 2.55. The van der Waals surface area contributed by atoms with Crippen LogP contribution in [0.15, 0.2) is 41.1 Å². The van der Waals surface area contributed by atoms with E-state index in [-0.39, 0.29) is 18.6 Å². The molecule has 0 spiro atoms. The Labute approximate surface area is 140 Å². The number of rotatable bonds is 8. The number of nitrogens with one attached hydrogen (secondary N) is 1. The molecule has 1 amide bonds. The van der Waals surface area contributed by atoms with Crippen LogP contribution in [0.5, 0.6) is 11.5 Å². The molecule has 1 aromatic carbocycles. The molecule has 2 aromatic rings. The van der Waals surface area contributed by atoms with Crippen molar-refractivity contribution in [2.45, 2.75) is 6.04 Å². The Hall–Kier alpha value is -2.05. The molecule has 0 saturated heterocycles. The zero-order valence-corrected chi connectivity index (χ0v) is 14.4. The van der Waals surface area contributed by atoms with E-state index in [9.17, 15) is 4.79 Å². The summed E-state index contributed by atoms with van der Waals surface area (Å²) in [6, 6.07) is 9.39. The molecule has 124 valence electrons. The molecule has 5 nitrogen and oxygen atoms in total. The number of methoxy groups -OCH3 is 1. The van der Waals surface area contributed by atoms with E-state index in [1.165, 1.54) is 5.56 Å². The first-order valence-electron chi connectivity index (χ1n) is 7.32. The first-order valence-corrected chi connectivity index (χ1v) is 8.26. The van der Waals surface area contributed by atoms with Crippen molar-refractivity contribution >= 4 is 17.2 Å². The van der Waals surface area contributed by atoms with Gasteiger partial charge in [-0.05, 0) is 60.8 Å². The van der Waals surface area contributed by atoms with Crippen molar-refractivity contribution in [1.82, 2.24) is 10.2 Å². The summed E-state index contributed by atoms with van der Waals surface area (Å²) in [5.41, 5.74) is 1.20. The van der Waals surface area contributed by atoms with Crippen LogP contribution in [0, 0.1) is 0 Å². The third-order valence-electron chi connectivity index (χ3n) is 3.47. The van der Waals surface area contributed by atoms with Crippen molar-refractivity contribution in [2.24, 2.45) is 0 Å². The fraction of sp³-hybridized carbons (Fsp3) is 0.353. The van der Waals surface area contributed by atoms with Crippen LogP contribution >= 0.6 is 11.3 Å². The van der Waals surface area contributed by atoms with Crippen molar-refractivity contribution in [3.8, 4) is 11.5 Å². The minimum Gasteiger partial charge on any atom is -0.497 e. The Morgan fingerprint density at radius 1 is 1.22 bits per heavy atom. The number of hydrogen-bond donors (Lipinski definition) is 1. The first-order chi connectivity index (χ1) is 11.1. The Morgan fingerprint density at radius 2 is 1.91 bits per heavy atom. The summed E-state index contributed by atoms with van der Waals surface area (Å²) in [6.07, 6.45) is 0. The lowest BCUT2D eigenvalue weighted by molar-refractivity contribution is -0.123. The highest BCUT2D eigenvalue weighted by molar-refractivity contribution is 7.07. The average Bonchev–Trinajstić information content (AvgIpc) is 3.07. The highest BCUT2D eigenvalue weighted by Crippen LogP contribution is 2.20. The molecule has 6 heteroatoms. The fourth-order valence-electron chi connectivity index (χ4n) is 2.15. The Balaban J connectivity index is 1.79. The summed E-state index contributed by atoms with van der Waals surface area (Å²) in [5.74, 6) is 1.26. The van der Waals surface area contributed by atoms with Crippen LogP contribution in [0.3, 0.4) is 0 Å². The second-order valence-electron chi connectivity index (χ2n) is 5.30. The van der Waals surface area contributed by atoms with Crippen molar-refractivity contribution in [3.05, 3.63) is 46.7 Å². The smallest absolute Gasteiger partial charge is 0.258 e. The molecular formula is C17H22N2O3S. The normalized spacial score (nSPS) is 12.0. The second kappa shape index (κ2) is 8.55. The van der Waals surface area contributed by atoms with Crippen LogP contribution < -0.4 is 14.8 Å².